The van der Waals surface area contributed by atoms with E-state index in [1.165, 1.54) is 0 Å². The van der Waals surface area contributed by atoms with Crippen LogP contribution in [-0.2, 0) is 0 Å². The zero-order valence-corrected chi connectivity index (χ0v) is 9.88. The summed E-state index contributed by atoms with van der Waals surface area (Å²) in [5.41, 5.74) is 1.42. The van der Waals surface area contributed by atoms with Gasteiger partial charge in [0.15, 0.2) is 6.29 Å². The zero-order chi connectivity index (χ0) is 10.4. The molecule has 0 aromatic heterocycles. The van der Waals surface area contributed by atoms with Crippen molar-refractivity contribution in [1.29, 1.82) is 0 Å². The highest BCUT2D eigenvalue weighted by Crippen LogP contribution is 2.19. The first-order chi connectivity index (χ1) is 6.79. The van der Waals surface area contributed by atoms with Crippen molar-refractivity contribution in [1.82, 2.24) is 0 Å². The van der Waals surface area contributed by atoms with E-state index in [0.717, 1.165) is 23.6 Å². The number of alkyl halides is 1. The van der Waals surface area contributed by atoms with E-state index in [4.69, 9.17) is 11.6 Å². The smallest absolute Gasteiger partial charge is 0.152 e. The van der Waals surface area contributed by atoms with Crippen LogP contribution in [0.2, 0.25) is 5.02 Å². The van der Waals surface area contributed by atoms with Crippen molar-refractivity contribution in [3.05, 3.63) is 40.4 Å². The molecule has 0 aliphatic heterocycles. The summed E-state index contributed by atoms with van der Waals surface area (Å²) in [7, 11) is 0. The number of carbonyl (C=O) groups is 1. The van der Waals surface area contributed by atoms with Crippen LogP contribution in [0.3, 0.4) is 0 Å². The van der Waals surface area contributed by atoms with E-state index in [-0.39, 0.29) is 0 Å². The van der Waals surface area contributed by atoms with E-state index in [1.54, 1.807) is 6.07 Å². The van der Waals surface area contributed by atoms with Crippen LogP contribution in [-0.4, -0.2) is 11.6 Å². The molecule has 3 heteroatoms. The summed E-state index contributed by atoms with van der Waals surface area (Å²) in [6, 6.07) is 5.43. The average Bonchev–Trinajstić information content (AvgIpc) is 2.18. The van der Waals surface area contributed by atoms with Crippen LogP contribution in [0.25, 0.3) is 6.08 Å². The molecule has 0 aliphatic carbocycles. The minimum atomic E-state index is 0.501. The summed E-state index contributed by atoms with van der Waals surface area (Å²) in [6.45, 7) is 0. The van der Waals surface area contributed by atoms with E-state index in [9.17, 15) is 4.79 Å². The molecule has 1 aromatic carbocycles. The second kappa shape index (κ2) is 5.99. The number of rotatable bonds is 4. The standard InChI is InChI=1S/C11H10BrClO/c12-7-2-1-4-9-5-3-6-11(13)10(9)8-14/h1,3-6,8H,2,7H2. The number of benzene rings is 1. The lowest BCUT2D eigenvalue weighted by Gasteiger charge is -2.00. The molecule has 0 N–H and O–H groups in total. The summed E-state index contributed by atoms with van der Waals surface area (Å²) in [4.78, 5) is 10.8. The van der Waals surface area contributed by atoms with Crippen molar-refractivity contribution in [2.75, 3.05) is 5.33 Å². The van der Waals surface area contributed by atoms with Crippen LogP contribution >= 0.6 is 27.5 Å². The van der Waals surface area contributed by atoms with Crippen LogP contribution in [0.1, 0.15) is 22.3 Å². The first-order valence-electron chi connectivity index (χ1n) is 4.25. The molecule has 0 atom stereocenters. The Balaban J connectivity index is 2.96. The number of halogens is 2. The SMILES string of the molecule is O=Cc1c(Cl)cccc1C=CCCBr. The fourth-order valence-corrected chi connectivity index (χ4v) is 1.59. The Bertz CT molecular complexity index is 347. The lowest BCUT2D eigenvalue weighted by atomic mass is 10.1. The Morgan fingerprint density at radius 3 is 2.86 bits per heavy atom. The maximum Gasteiger partial charge on any atom is 0.152 e. The third-order valence-electron chi connectivity index (χ3n) is 1.78. The highest BCUT2D eigenvalue weighted by Gasteiger charge is 2.01. The van der Waals surface area contributed by atoms with Crippen LogP contribution in [0, 0.1) is 0 Å². The molecule has 14 heavy (non-hydrogen) atoms. The van der Waals surface area contributed by atoms with Gasteiger partial charge in [0.1, 0.15) is 0 Å². The number of hydrogen-bond acceptors (Lipinski definition) is 1. The number of carbonyl (C=O) groups excluding carboxylic acids is 1. The second-order valence-corrected chi connectivity index (χ2v) is 3.94. The third-order valence-corrected chi connectivity index (χ3v) is 2.57. The van der Waals surface area contributed by atoms with E-state index < -0.39 is 0 Å². The predicted molar refractivity (Wildman–Crippen MR) is 64.3 cm³/mol. The molecule has 1 nitrogen and oxygen atoms in total. The summed E-state index contributed by atoms with van der Waals surface area (Å²) in [5.74, 6) is 0. The summed E-state index contributed by atoms with van der Waals surface area (Å²) in [6.07, 6.45) is 5.64. The third kappa shape index (κ3) is 2.96. The normalized spacial score (nSPS) is 10.7. The molecule has 0 saturated carbocycles. The lowest BCUT2D eigenvalue weighted by molar-refractivity contribution is 0.112. The highest BCUT2D eigenvalue weighted by molar-refractivity contribution is 9.09. The molecule has 0 bridgehead atoms. The fraction of sp³-hybridized carbons (Fsp3) is 0.182. The van der Waals surface area contributed by atoms with Gasteiger partial charge in [0.05, 0.1) is 5.02 Å². The average molecular weight is 274 g/mol. The molecule has 0 spiro atoms. The lowest BCUT2D eigenvalue weighted by Crippen LogP contribution is -1.86. The zero-order valence-electron chi connectivity index (χ0n) is 7.54. The largest absolute Gasteiger partial charge is 0.298 e. The van der Waals surface area contributed by atoms with Crippen LogP contribution in [0.4, 0.5) is 0 Å². The molecule has 74 valence electrons. The summed E-state index contributed by atoms with van der Waals surface area (Å²) < 4.78 is 0. The van der Waals surface area contributed by atoms with Crippen molar-refractivity contribution >= 4 is 39.9 Å². The number of allylic oxidation sites excluding steroid dienone is 1. The Morgan fingerprint density at radius 1 is 1.43 bits per heavy atom. The van der Waals surface area contributed by atoms with Gasteiger partial charge >= 0.3 is 0 Å². The molecule has 0 amide bonds. The van der Waals surface area contributed by atoms with Crippen molar-refractivity contribution in [2.45, 2.75) is 6.42 Å². The molecule has 0 radical (unpaired) electrons. The summed E-state index contributed by atoms with van der Waals surface area (Å²) in [5, 5.41) is 1.42. The van der Waals surface area contributed by atoms with E-state index in [0.29, 0.717) is 10.6 Å². The maximum atomic E-state index is 10.8. The van der Waals surface area contributed by atoms with Crippen LogP contribution in [0.5, 0.6) is 0 Å². The molecule has 0 fully saturated rings. The van der Waals surface area contributed by atoms with Crippen molar-refractivity contribution in [3.8, 4) is 0 Å². The quantitative estimate of drug-likeness (QED) is 0.600. The topological polar surface area (TPSA) is 17.1 Å². The van der Waals surface area contributed by atoms with Gasteiger partial charge in [0.25, 0.3) is 0 Å². The molecule has 0 aliphatic rings. The van der Waals surface area contributed by atoms with Crippen LogP contribution < -0.4 is 0 Å². The molecule has 0 heterocycles. The first-order valence-corrected chi connectivity index (χ1v) is 5.75. The van der Waals surface area contributed by atoms with E-state index >= 15 is 0 Å². The van der Waals surface area contributed by atoms with Crippen molar-refractivity contribution in [3.63, 3.8) is 0 Å². The Morgan fingerprint density at radius 2 is 2.21 bits per heavy atom. The minimum Gasteiger partial charge on any atom is -0.298 e. The van der Waals surface area contributed by atoms with Gasteiger partial charge in [0.2, 0.25) is 0 Å². The molecule has 0 saturated heterocycles. The Kier molecular flexibility index (Phi) is 4.91. The monoisotopic (exact) mass is 272 g/mol. The highest BCUT2D eigenvalue weighted by atomic mass is 79.9. The number of hydrogen-bond donors (Lipinski definition) is 0. The molecule has 1 aromatic rings. The van der Waals surface area contributed by atoms with E-state index in [2.05, 4.69) is 15.9 Å². The molecule has 0 unspecified atom stereocenters. The summed E-state index contributed by atoms with van der Waals surface area (Å²) >= 11 is 9.19. The van der Waals surface area contributed by atoms with Crippen molar-refractivity contribution in [2.24, 2.45) is 0 Å². The van der Waals surface area contributed by atoms with Crippen LogP contribution in [0.15, 0.2) is 24.3 Å². The minimum absolute atomic E-state index is 0.501. The van der Waals surface area contributed by atoms with Gasteiger partial charge in [-0.3, -0.25) is 4.79 Å². The van der Waals surface area contributed by atoms with Gasteiger partial charge in [0, 0.05) is 10.9 Å². The van der Waals surface area contributed by atoms with Crippen molar-refractivity contribution < 1.29 is 4.79 Å². The molecular weight excluding hydrogens is 263 g/mol. The second-order valence-electron chi connectivity index (χ2n) is 2.74. The molecule has 1 rings (SSSR count). The van der Waals surface area contributed by atoms with E-state index in [1.807, 2.05) is 24.3 Å². The van der Waals surface area contributed by atoms with Gasteiger partial charge in [-0.1, -0.05) is 51.8 Å². The Labute approximate surface area is 96.9 Å². The number of aldehydes is 1. The first kappa shape index (κ1) is 11.5. The predicted octanol–water partition coefficient (Wildman–Crippen LogP) is 3.95. The van der Waals surface area contributed by atoms with Gasteiger partial charge in [-0.2, -0.15) is 0 Å². The fourth-order valence-electron chi connectivity index (χ4n) is 1.10. The van der Waals surface area contributed by atoms with Gasteiger partial charge < -0.3 is 0 Å². The van der Waals surface area contributed by atoms with Gasteiger partial charge in [-0.25, -0.2) is 0 Å². The van der Waals surface area contributed by atoms with Gasteiger partial charge in [-0.05, 0) is 18.1 Å². The van der Waals surface area contributed by atoms with Gasteiger partial charge in [-0.15, -0.1) is 0 Å². The Hall–Kier alpha value is -0.600. The maximum absolute atomic E-state index is 10.8. The molecular formula is C11H10BrClO.